The van der Waals surface area contributed by atoms with Crippen LogP contribution in [0.1, 0.15) is 44.6 Å². The molecular weight excluding hydrogens is 232 g/mol. The quantitative estimate of drug-likeness (QED) is 0.839. The standard InChI is InChI=1S/C17H22N2/c1-17(2)8-6-16(18)15(10-17)14-5-3-4-12-11-19-9-7-13(12)14/h3-5,7,9,11,15-16H,6,8,10,18H2,1-2H3. The molecule has 1 heterocycles. The normalized spacial score (nSPS) is 26.5. The largest absolute Gasteiger partial charge is 0.327 e. The average molecular weight is 254 g/mol. The highest BCUT2D eigenvalue weighted by Crippen LogP contribution is 2.44. The maximum Gasteiger partial charge on any atom is 0.0346 e. The van der Waals surface area contributed by atoms with Gasteiger partial charge in [0.25, 0.3) is 0 Å². The first-order valence-electron chi connectivity index (χ1n) is 7.15. The molecule has 2 N–H and O–H groups in total. The maximum absolute atomic E-state index is 6.41. The summed E-state index contributed by atoms with van der Waals surface area (Å²) in [7, 11) is 0. The number of nitrogens with zero attached hydrogens (tertiary/aromatic N) is 1. The van der Waals surface area contributed by atoms with Gasteiger partial charge in [0, 0.05) is 29.7 Å². The van der Waals surface area contributed by atoms with Gasteiger partial charge in [-0.2, -0.15) is 0 Å². The smallest absolute Gasteiger partial charge is 0.0346 e. The van der Waals surface area contributed by atoms with E-state index in [0.717, 1.165) is 6.42 Å². The van der Waals surface area contributed by atoms with E-state index in [1.807, 2.05) is 12.4 Å². The maximum atomic E-state index is 6.41. The van der Waals surface area contributed by atoms with Crippen molar-refractivity contribution < 1.29 is 0 Å². The van der Waals surface area contributed by atoms with Gasteiger partial charge >= 0.3 is 0 Å². The highest BCUT2D eigenvalue weighted by molar-refractivity contribution is 5.85. The molecule has 0 bridgehead atoms. The third kappa shape index (κ3) is 2.37. The fourth-order valence-corrected chi connectivity index (χ4v) is 3.42. The van der Waals surface area contributed by atoms with Crippen LogP contribution < -0.4 is 5.73 Å². The third-order valence-corrected chi connectivity index (χ3v) is 4.56. The van der Waals surface area contributed by atoms with Crippen LogP contribution in [0.5, 0.6) is 0 Å². The van der Waals surface area contributed by atoms with E-state index >= 15 is 0 Å². The van der Waals surface area contributed by atoms with E-state index in [2.05, 4.69) is 43.1 Å². The zero-order valence-electron chi connectivity index (χ0n) is 11.8. The van der Waals surface area contributed by atoms with Crippen LogP contribution in [0.25, 0.3) is 10.8 Å². The van der Waals surface area contributed by atoms with Gasteiger partial charge < -0.3 is 5.73 Å². The molecule has 2 atom stereocenters. The molecule has 2 nitrogen and oxygen atoms in total. The van der Waals surface area contributed by atoms with Crippen LogP contribution in [0, 0.1) is 5.41 Å². The summed E-state index contributed by atoms with van der Waals surface area (Å²) in [6.07, 6.45) is 7.36. The molecule has 2 aromatic rings. The van der Waals surface area contributed by atoms with Gasteiger partial charge in [-0.3, -0.25) is 4.98 Å². The lowest BCUT2D eigenvalue weighted by Gasteiger charge is -2.40. The van der Waals surface area contributed by atoms with Gasteiger partial charge in [0.05, 0.1) is 0 Å². The van der Waals surface area contributed by atoms with Crippen molar-refractivity contribution in [1.82, 2.24) is 4.98 Å². The Kier molecular flexibility index (Phi) is 3.06. The SMILES string of the molecule is CC1(C)CCC(N)C(c2cccc3cnccc23)C1. The fraction of sp³-hybridized carbons (Fsp3) is 0.471. The molecular formula is C17H22N2. The number of nitrogens with two attached hydrogens (primary N) is 1. The van der Waals surface area contributed by atoms with Gasteiger partial charge in [0.2, 0.25) is 0 Å². The minimum absolute atomic E-state index is 0.284. The van der Waals surface area contributed by atoms with Gasteiger partial charge in [-0.25, -0.2) is 0 Å². The van der Waals surface area contributed by atoms with Crippen molar-refractivity contribution >= 4 is 10.8 Å². The molecule has 2 unspecified atom stereocenters. The van der Waals surface area contributed by atoms with Crippen molar-refractivity contribution in [3.05, 3.63) is 42.2 Å². The average Bonchev–Trinajstić information content (AvgIpc) is 2.41. The van der Waals surface area contributed by atoms with E-state index in [0.29, 0.717) is 11.3 Å². The molecule has 1 aliphatic carbocycles. The van der Waals surface area contributed by atoms with Crippen molar-refractivity contribution in [2.75, 3.05) is 0 Å². The van der Waals surface area contributed by atoms with E-state index in [-0.39, 0.29) is 6.04 Å². The van der Waals surface area contributed by atoms with Crippen LogP contribution in [0.15, 0.2) is 36.7 Å². The predicted molar refractivity (Wildman–Crippen MR) is 80.1 cm³/mol. The van der Waals surface area contributed by atoms with Crippen molar-refractivity contribution in [2.45, 2.75) is 45.1 Å². The van der Waals surface area contributed by atoms with E-state index in [4.69, 9.17) is 5.73 Å². The second-order valence-electron chi connectivity index (χ2n) is 6.62. The van der Waals surface area contributed by atoms with Crippen molar-refractivity contribution in [2.24, 2.45) is 11.1 Å². The lowest BCUT2D eigenvalue weighted by atomic mass is 9.67. The van der Waals surface area contributed by atoms with Gasteiger partial charge in [-0.1, -0.05) is 32.0 Å². The van der Waals surface area contributed by atoms with Gasteiger partial charge in [0.1, 0.15) is 0 Å². The number of hydrogen-bond donors (Lipinski definition) is 1. The Morgan fingerprint density at radius 1 is 1.26 bits per heavy atom. The van der Waals surface area contributed by atoms with Crippen LogP contribution in [-0.4, -0.2) is 11.0 Å². The lowest BCUT2D eigenvalue weighted by molar-refractivity contribution is 0.199. The summed E-state index contributed by atoms with van der Waals surface area (Å²) in [6.45, 7) is 4.72. The number of benzene rings is 1. The molecule has 19 heavy (non-hydrogen) atoms. The van der Waals surface area contributed by atoms with E-state index in [1.54, 1.807) is 0 Å². The Bertz CT molecular complexity index is 583. The molecule has 0 radical (unpaired) electrons. The molecule has 1 fully saturated rings. The van der Waals surface area contributed by atoms with Gasteiger partial charge in [-0.05, 0) is 41.7 Å². The molecule has 0 amide bonds. The number of fused-ring (bicyclic) bond motifs is 1. The Labute approximate surface area is 115 Å². The van der Waals surface area contributed by atoms with Crippen molar-refractivity contribution in [3.63, 3.8) is 0 Å². The van der Waals surface area contributed by atoms with Crippen LogP contribution in [-0.2, 0) is 0 Å². The summed E-state index contributed by atoms with van der Waals surface area (Å²) in [5.41, 5.74) is 8.21. The minimum Gasteiger partial charge on any atom is -0.327 e. The van der Waals surface area contributed by atoms with Crippen LogP contribution >= 0.6 is 0 Å². The molecule has 0 saturated heterocycles. The Balaban J connectivity index is 2.08. The van der Waals surface area contributed by atoms with E-state index in [9.17, 15) is 0 Å². The van der Waals surface area contributed by atoms with E-state index < -0.39 is 0 Å². The Hall–Kier alpha value is -1.41. The molecule has 1 aliphatic rings. The summed E-state index contributed by atoms with van der Waals surface area (Å²) in [5, 5.41) is 2.53. The number of hydrogen-bond acceptors (Lipinski definition) is 2. The molecule has 0 aliphatic heterocycles. The molecule has 2 heteroatoms. The van der Waals surface area contributed by atoms with Crippen molar-refractivity contribution in [1.29, 1.82) is 0 Å². The lowest BCUT2D eigenvalue weighted by Crippen LogP contribution is -2.37. The minimum atomic E-state index is 0.284. The zero-order valence-corrected chi connectivity index (χ0v) is 11.8. The second kappa shape index (κ2) is 4.61. The molecule has 1 aromatic carbocycles. The highest BCUT2D eigenvalue weighted by Gasteiger charge is 2.34. The molecule has 0 spiro atoms. The summed E-state index contributed by atoms with van der Waals surface area (Å²) in [5.74, 6) is 0.467. The van der Waals surface area contributed by atoms with Crippen molar-refractivity contribution in [3.8, 4) is 0 Å². The number of pyridine rings is 1. The third-order valence-electron chi connectivity index (χ3n) is 4.56. The topological polar surface area (TPSA) is 38.9 Å². The first kappa shape index (κ1) is 12.6. The first-order chi connectivity index (χ1) is 9.07. The monoisotopic (exact) mass is 254 g/mol. The van der Waals surface area contributed by atoms with Crippen LogP contribution in [0.3, 0.4) is 0 Å². The first-order valence-corrected chi connectivity index (χ1v) is 7.15. The number of rotatable bonds is 1. The summed E-state index contributed by atoms with van der Waals surface area (Å²) in [4.78, 5) is 4.22. The molecule has 3 rings (SSSR count). The summed E-state index contributed by atoms with van der Waals surface area (Å²) < 4.78 is 0. The van der Waals surface area contributed by atoms with E-state index in [1.165, 1.54) is 29.2 Å². The zero-order chi connectivity index (χ0) is 13.5. The predicted octanol–water partition coefficient (Wildman–Crippen LogP) is 3.86. The van der Waals surface area contributed by atoms with Gasteiger partial charge in [0.15, 0.2) is 0 Å². The Morgan fingerprint density at radius 2 is 2.11 bits per heavy atom. The molecule has 1 saturated carbocycles. The number of aromatic nitrogens is 1. The summed E-state index contributed by atoms with van der Waals surface area (Å²) >= 11 is 0. The van der Waals surface area contributed by atoms with Gasteiger partial charge in [-0.15, -0.1) is 0 Å². The van der Waals surface area contributed by atoms with Crippen LogP contribution in [0.4, 0.5) is 0 Å². The molecule has 1 aromatic heterocycles. The van der Waals surface area contributed by atoms with Crippen LogP contribution in [0.2, 0.25) is 0 Å². The summed E-state index contributed by atoms with van der Waals surface area (Å²) in [6, 6.07) is 8.92. The Morgan fingerprint density at radius 3 is 2.95 bits per heavy atom. The molecule has 100 valence electrons. The fourth-order valence-electron chi connectivity index (χ4n) is 3.42. The second-order valence-corrected chi connectivity index (χ2v) is 6.62. The highest BCUT2D eigenvalue weighted by atomic mass is 14.7.